The molecule has 4 nitrogen and oxygen atoms in total. The lowest BCUT2D eigenvalue weighted by atomic mass is 10.00. The monoisotopic (exact) mass is 364 g/mol. The van der Waals surface area contributed by atoms with E-state index in [2.05, 4.69) is 27.1 Å². The van der Waals surface area contributed by atoms with Gasteiger partial charge < -0.3 is 10.2 Å². The Bertz CT molecular complexity index is 761. The number of anilines is 3. The van der Waals surface area contributed by atoms with E-state index in [4.69, 9.17) is 0 Å². The number of aromatic nitrogens is 2. The summed E-state index contributed by atoms with van der Waals surface area (Å²) in [6.07, 6.45) is 0.145. The van der Waals surface area contributed by atoms with Gasteiger partial charge in [0.25, 0.3) is 0 Å². The third-order valence-electron chi connectivity index (χ3n) is 4.68. The minimum Gasteiger partial charge on any atom is -0.353 e. The molecule has 1 atom stereocenters. The first-order valence-corrected chi connectivity index (χ1v) is 8.93. The molecule has 1 unspecified atom stereocenters. The standard InChI is InChI=1S/C19H23F3N4/c1-3-16-9-4-5-10-26(16)18-12-17(23-13(2)24-18)25-15-8-6-7-14(11-15)19(20,21)22/h6-8,11-12,16H,3-5,9-10H2,1-2H3,(H,23,24,25). The summed E-state index contributed by atoms with van der Waals surface area (Å²) in [7, 11) is 0. The number of hydrogen-bond donors (Lipinski definition) is 1. The Morgan fingerprint density at radius 3 is 2.73 bits per heavy atom. The second-order valence-corrected chi connectivity index (χ2v) is 6.61. The largest absolute Gasteiger partial charge is 0.416 e. The van der Waals surface area contributed by atoms with Crippen molar-refractivity contribution in [1.29, 1.82) is 0 Å². The average Bonchev–Trinajstić information content (AvgIpc) is 2.60. The van der Waals surface area contributed by atoms with Gasteiger partial charge in [0, 0.05) is 24.3 Å². The van der Waals surface area contributed by atoms with E-state index in [1.165, 1.54) is 12.5 Å². The number of nitrogens with zero attached hydrogens (tertiary/aromatic N) is 3. The molecule has 0 amide bonds. The number of nitrogens with one attached hydrogen (secondary N) is 1. The number of piperidine rings is 1. The van der Waals surface area contributed by atoms with Gasteiger partial charge in [-0.25, -0.2) is 9.97 Å². The summed E-state index contributed by atoms with van der Waals surface area (Å²) >= 11 is 0. The predicted octanol–water partition coefficient (Wildman–Crippen LogP) is 5.32. The van der Waals surface area contributed by atoms with Crippen LogP contribution in [-0.2, 0) is 6.18 Å². The third-order valence-corrected chi connectivity index (χ3v) is 4.68. The maximum atomic E-state index is 12.9. The second kappa shape index (κ2) is 7.51. The van der Waals surface area contributed by atoms with Crippen LogP contribution in [0.15, 0.2) is 30.3 Å². The van der Waals surface area contributed by atoms with Gasteiger partial charge in [-0.2, -0.15) is 13.2 Å². The molecule has 0 bridgehead atoms. The van der Waals surface area contributed by atoms with Crippen molar-refractivity contribution in [2.75, 3.05) is 16.8 Å². The molecule has 1 N–H and O–H groups in total. The molecule has 140 valence electrons. The summed E-state index contributed by atoms with van der Waals surface area (Å²) in [5.74, 6) is 1.93. The molecule has 26 heavy (non-hydrogen) atoms. The summed E-state index contributed by atoms with van der Waals surface area (Å²) < 4.78 is 38.7. The highest BCUT2D eigenvalue weighted by Crippen LogP contribution is 2.32. The Labute approximate surface area is 151 Å². The van der Waals surface area contributed by atoms with Crippen LogP contribution in [-0.4, -0.2) is 22.6 Å². The van der Waals surface area contributed by atoms with E-state index in [9.17, 15) is 13.2 Å². The van der Waals surface area contributed by atoms with Gasteiger partial charge >= 0.3 is 6.18 Å². The van der Waals surface area contributed by atoms with Crippen molar-refractivity contribution in [2.24, 2.45) is 0 Å². The van der Waals surface area contributed by atoms with E-state index < -0.39 is 11.7 Å². The first-order valence-electron chi connectivity index (χ1n) is 8.93. The van der Waals surface area contributed by atoms with Crippen LogP contribution in [0.4, 0.5) is 30.5 Å². The molecule has 1 aliphatic rings. The van der Waals surface area contributed by atoms with Crippen molar-refractivity contribution >= 4 is 17.3 Å². The lowest BCUT2D eigenvalue weighted by molar-refractivity contribution is -0.137. The van der Waals surface area contributed by atoms with Gasteiger partial charge in [-0.1, -0.05) is 13.0 Å². The molecule has 2 aromatic rings. The normalized spacial score (nSPS) is 18.0. The fourth-order valence-corrected chi connectivity index (χ4v) is 3.41. The van der Waals surface area contributed by atoms with Crippen LogP contribution in [0.2, 0.25) is 0 Å². The number of aryl methyl sites for hydroxylation is 1. The highest BCUT2D eigenvalue weighted by Gasteiger charge is 2.30. The summed E-state index contributed by atoms with van der Waals surface area (Å²) in [5, 5.41) is 2.99. The second-order valence-electron chi connectivity index (χ2n) is 6.61. The molecule has 2 heterocycles. The Morgan fingerprint density at radius 1 is 1.19 bits per heavy atom. The third kappa shape index (κ3) is 4.26. The Balaban J connectivity index is 1.86. The minimum atomic E-state index is -4.37. The fraction of sp³-hybridized carbons (Fsp3) is 0.474. The van der Waals surface area contributed by atoms with Crippen molar-refractivity contribution in [2.45, 2.75) is 51.7 Å². The van der Waals surface area contributed by atoms with Crippen LogP contribution in [0.3, 0.4) is 0 Å². The fourth-order valence-electron chi connectivity index (χ4n) is 3.41. The molecule has 0 spiro atoms. The average molecular weight is 364 g/mol. The zero-order valence-electron chi connectivity index (χ0n) is 15.0. The summed E-state index contributed by atoms with van der Waals surface area (Å²) in [6.45, 7) is 4.91. The highest BCUT2D eigenvalue weighted by molar-refractivity contribution is 5.60. The van der Waals surface area contributed by atoms with Crippen LogP contribution in [0.25, 0.3) is 0 Å². The van der Waals surface area contributed by atoms with Crippen LogP contribution in [0, 0.1) is 6.92 Å². The maximum Gasteiger partial charge on any atom is 0.416 e. The van der Waals surface area contributed by atoms with Gasteiger partial charge in [0.1, 0.15) is 17.5 Å². The van der Waals surface area contributed by atoms with Crippen molar-refractivity contribution in [3.05, 3.63) is 41.7 Å². The zero-order chi connectivity index (χ0) is 18.7. The van der Waals surface area contributed by atoms with E-state index in [1.807, 2.05) is 6.07 Å². The predicted molar refractivity (Wildman–Crippen MR) is 96.8 cm³/mol. The Morgan fingerprint density at radius 2 is 2.00 bits per heavy atom. The topological polar surface area (TPSA) is 41.0 Å². The molecule has 1 fully saturated rings. The zero-order valence-corrected chi connectivity index (χ0v) is 15.0. The van der Waals surface area contributed by atoms with Crippen LogP contribution in [0.1, 0.15) is 44.0 Å². The Kier molecular flexibility index (Phi) is 5.34. The van der Waals surface area contributed by atoms with Crippen LogP contribution in [0.5, 0.6) is 0 Å². The number of benzene rings is 1. The SMILES string of the molecule is CCC1CCCCN1c1cc(Nc2cccc(C(F)(F)F)c2)nc(C)n1. The summed E-state index contributed by atoms with van der Waals surface area (Å²) in [6, 6.07) is 7.40. The molecule has 1 aromatic heterocycles. The van der Waals surface area contributed by atoms with E-state index in [0.717, 1.165) is 43.8 Å². The van der Waals surface area contributed by atoms with Gasteiger partial charge in [-0.3, -0.25) is 0 Å². The van der Waals surface area contributed by atoms with Crippen molar-refractivity contribution in [1.82, 2.24) is 9.97 Å². The molecule has 0 aliphatic carbocycles. The first-order chi connectivity index (χ1) is 12.4. The van der Waals surface area contributed by atoms with Crippen molar-refractivity contribution in [3.8, 4) is 0 Å². The van der Waals surface area contributed by atoms with Crippen molar-refractivity contribution in [3.63, 3.8) is 0 Å². The molecule has 1 aromatic carbocycles. The lowest BCUT2D eigenvalue weighted by Gasteiger charge is -2.36. The van der Waals surface area contributed by atoms with E-state index in [-0.39, 0.29) is 0 Å². The van der Waals surface area contributed by atoms with Crippen LogP contribution >= 0.6 is 0 Å². The first kappa shape index (κ1) is 18.5. The Hall–Kier alpha value is -2.31. The molecule has 3 rings (SSSR count). The van der Waals surface area contributed by atoms with E-state index in [1.54, 1.807) is 13.0 Å². The molecular weight excluding hydrogens is 341 g/mol. The lowest BCUT2D eigenvalue weighted by Crippen LogP contribution is -2.39. The maximum absolute atomic E-state index is 12.9. The summed E-state index contributed by atoms with van der Waals surface area (Å²) in [4.78, 5) is 11.2. The number of rotatable bonds is 4. The highest BCUT2D eigenvalue weighted by atomic mass is 19.4. The molecular formula is C19H23F3N4. The number of alkyl halides is 3. The van der Waals surface area contributed by atoms with Gasteiger partial charge in [-0.05, 0) is 50.8 Å². The van der Waals surface area contributed by atoms with Gasteiger partial charge in [0.15, 0.2) is 0 Å². The van der Waals surface area contributed by atoms with E-state index in [0.29, 0.717) is 23.4 Å². The molecule has 7 heteroatoms. The molecule has 0 saturated carbocycles. The minimum absolute atomic E-state index is 0.356. The van der Waals surface area contributed by atoms with Crippen molar-refractivity contribution < 1.29 is 13.2 Å². The molecule has 0 radical (unpaired) electrons. The smallest absolute Gasteiger partial charge is 0.353 e. The van der Waals surface area contributed by atoms with Gasteiger partial charge in [0.2, 0.25) is 0 Å². The molecule has 1 aliphatic heterocycles. The summed E-state index contributed by atoms with van der Waals surface area (Å²) in [5.41, 5.74) is -0.329. The number of hydrogen-bond acceptors (Lipinski definition) is 4. The van der Waals surface area contributed by atoms with Gasteiger partial charge in [0.05, 0.1) is 5.56 Å². The van der Waals surface area contributed by atoms with E-state index >= 15 is 0 Å². The number of halogens is 3. The quantitative estimate of drug-likeness (QED) is 0.797. The molecule has 1 saturated heterocycles. The van der Waals surface area contributed by atoms with Gasteiger partial charge in [-0.15, -0.1) is 0 Å². The van der Waals surface area contributed by atoms with Crippen LogP contribution < -0.4 is 10.2 Å².